The van der Waals surface area contributed by atoms with Gasteiger partial charge >= 0.3 is 0 Å². The van der Waals surface area contributed by atoms with E-state index in [-0.39, 0.29) is 0 Å². The summed E-state index contributed by atoms with van der Waals surface area (Å²) in [6.07, 6.45) is 5.05. The van der Waals surface area contributed by atoms with Gasteiger partial charge in [-0.05, 0) is 17.9 Å². The van der Waals surface area contributed by atoms with Crippen molar-refractivity contribution in [3.63, 3.8) is 0 Å². The lowest BCUT2D eigenvalue weighted by atomic mass is 10.2. The Kier molecular flexibility index (Phi) is 4.75. The molecule has 2 aromatic heterocycles. The SMILES string of the molecule is CCCCCCNc1nc(NC)nc2sccc12. The number of thiophene rings is 1. The van der Waals surface area contributed by atoms with E-state index >= 15 is 0 Å². The Hall–Kier alpha value is -1.36. The fourth-order valence-electron chi connectivity index (χ4n) is 1.86. The molecular weight excluding hydrogens is 244 g/mol. The van der Waals surface area contributed by atoms with Crippen molar-refractivity contribution in [1.82, 2.24) is 9.97 Å². The second-order valence-electron chi connectivity index (χ2n) is 4.27. The zero-order valence-electron chi connectivity index (χ0n) is 11.0. The van der Waals surface area contributed by atoms with Crippen LogP contribution in [0.1, 0.15) is 32.6 Å². The zero-order valence-corrected chi connectivity index (χ0v) is 11.8. The molecular formula is C13H20N4S. The minimum Gasteiger partial charge on any atom is -0.369 e. The minimum absolute atomic E-state index is 0.681. The van der Waals surface area contributed by atoms with Gasteiger partial charge in [0.25, 0.3) is 0 Å². The van der Waals surface area contributed by atoms with Crippen LogP contribution in [-0.4, -0.2) is 23.6 Å². The lowest BCUT2D eigenvalue weighted by Gasteiger charge is -2.08. The van der Waals surface area contributed by atoms with Crippen molar-refractivity contribution in [2.45, 2.75) is 32.6 Å². The number of rotatable bonds is 7. The van der Waals surface area contributed by atoms with E-state index in [1.807, 2.05) is 7.05 Å². The first-order valence-corrected chi connectivity index (χ1v) is 7.40. The molecule has 0 bridgehead atoms. The van der Waals surface area contributed by atoms with Gasteiger partial charge in [0, 0.05) is 13.6 Å². The summed E-state index contributed by atoms with van der Waals surface area (Å²) in [5.41, 5.74) is 0. The third-order valence-electron chi connectivity index (χ3n) is 2.87. The Morgan fingerprint density at radius 1 is 1.22 bits per heavy atom. The summed E-state index contributed by atoms with van der Waals surface area (Å²) in [5.74, 6) is 1.63. The largest absolute Gasteiger partial charge is 0.369 e. The Bertz CT molecular complexity index is 495. The highest BCUT2D eigenvalue weighted by molar-refractivity contribution is 7.16. The molecule has 2 aromatic rings. The van der Waals surface area contributed by atoms with Crippen molar-refractivity contribution in [2.24, 2.45) is 0 Å². The van der Waals surface area contributed by atoms with Crippen LogP contribution in [0.5, 0.6) is 0 Å². The van der Waals surface area contributed by atoms with E-state index in [1.54, 1.807) is 11.3 Å². The predicted octanol–water partition coefficient (Wildman–Crippen LogP) is 3.73. The molecule has 0 atom stereocenters. The Balaban J connectivity index is 2.04. The Morgan fingerprint density at radius 2 is 2.11 bits per heavy atom. The number of nitrogens with one attached hydrogen (secondary N) is 2. The molecule has 0 saturated carbocycles. The van der Waals surface area contributed by atoms with Crippen molar-refractivity contribution in [2.75, 3.05) is 24.2 Å². The lowest BCUT2D eigenvalue weighted by Crippen LogP contribution is -2.06. The maximum absolute atomic E-state index is 4.48. The summed E-state index contributed by atoms with van der Waals surface area (Å²) in [6.45, 7) is 3.21. The summed E-state index contributed by atoms with van der Waals surface area (Å²) in [6, 6.07) is 2.08. The van der Waals surface area contributed by atoms with E-state index in [0.717, 1.165) is 22.6 Å². The molecule has 0 radical (unpaired) electrons. The normalized spacial score (nSPS) is 10.8. The predicted molar refractivity (Wildman–Crippen MR) is 79.6 cm³/mol. The van der Waals surface area contributed by atoms with Gasteiger partial charge in [-0.3, -0.25) is 0 Å². The smallest absolute Gasteiger partial charge is 0.225 e. The second kappa shape index (κ2) is 6.54. The van der Waals surface area contributed by atoms with Crippen LogP contribution in [0.4, 0.5) is 11.8 Å². The second-order valence-corrected chi connectivity index (χ2v) is 5.17. The number of aromatic nitrogens is 2. The van der Waals surface area contributed by atoms with Gasteiger partial charge in [-0.1, -0.05) is 26.2 Å². The first-order valence-electron chi connectivity index (χ1n) is 6.52. The van der Waals surface area contributed by atoms with Gasteiger partial charge in [0.2, 0.25) is 5.95 Å². The fourth-order valence-corrected chi connectivity index (χ4v) is 2.62. The van der Waals surface area contributed by atoms with Crippen LogP contribution in [0.25, 0.3) is 10.2 Å². The van der Waals surface area contributed by atoms with Crippen LogP contribution >= 0.6 is 11.3 Å². The Labute approximate surface area is 112 Å². The molecule has 0 spiro atoms. The van der Waals surface area contributed by atoms with E-state index in [1.165, 1.54) is 25.7 Å². The first kappa shape index (κ1) is 13.1. The standard InChI is InChI=1S/C13H20N4S/c1-3-4-5-6-8-15-11-10-7-9-18-12(10)17-13(14-2)16-11/h7,9H,3-6,8H2,1-2H3,(H2,14,15,16,17). The molecule has 0 saturated heterocycles. The van der Waals surface area contributed by atoms with E-state index < -0.39 is 0 Å². The average Bonchev–Trinajstić information content (AvgIpc) is 2.86. The number of unbranched alkanes of at least 4 members (excludes halogenated alkanes) is 3. The van der Waals surface area contributed by atoms with Crippen LogP contribution in [0.2, 0.25) is 0 Å². The number of anilines is 2. The Morgan fingerprint density at radius 3 is 2.89 bits per heavy atom. The van der Waals surface area contributed by atoms with E-state index in [2.05, 4.69) is 39.0 Å². The summed E-state index contributed by atoms with van der Waals surface area (Å²) < 4.78 is 0. The molecule has 0 aromatic carbocycles. The molecule has 4 nitrogen and oxygen atoms in total. The van der Waals surface area contributed by atoms with Crippen LogP contribution in [0, 0.1) is 0 Å². The van der Waals surface area contributed by atoms with Crippen molar-refractivity contribution in [3.8, 4) is 0 Å². The third-order valence-corrected chi connectivity index (χ3v) is 3.68. The molecule has 2 rings (SSSR count). The number of nitrogens with zero attached hydrogens (tertiary/aromatic N) is 2. The molecule has 0 aliphatic rings. The lowest BCUT2D eigenvalue weighted by molar-refractivity contribution is 0.684. The van der Waals surface area contributed by atoms with Crippen molar-refractivity contribution in [3.05, 3.63) is 11.4 Å². The van der Waals surface area contributed by atoms with Crippen molar-refractivity contribution in [1.29, 1.82) is 0 Å². The highest BCUT2D eigenvalue weighted by Crippen LogP contribution is 2.26. The highest BCUT2D eigenvalue weighted by Gasteiger charge is 2.07. The molecule has 2 N–H and O–H groups in total. The summed E-state index contributed by atoms with van der Waals surface area (Å²) in [5, 5.41) is 9.60. The minimum atomic E-state index is 0.681. The number of hydrogen-bond acceptors (Lipinski definition) is 5. The summed E-state index contributed by atoms with van der Waals surface area (Å²) in [4.78, 5) is 9.94. The summed E-state index contributed by atoms with van der Waals surface area (Å²) in [7, 11) is 1.85. The maximum Gasteiger partial charge on any atom is 0.225 e. The fraction of sp³-hybridized carbons (Fsp3) is 0.538. The number of fused-ring (bicyclic) bond motifs is 1. The van der Waals surface area contributed by atoms with Crippen LogP contribution < -0.4 is 10.6 Å². The molecule has 0 fully saturated rings. The van der Waals surface area contributed by atoms with Crippen LogP contribution in [-0.2, 0) is 0 Å². The topological polar surface area (TPSA) is 49.8 Å². The molecule has 2 heterocycles. The van der Waals surface area contributed by atoms with E-state index in [4.69, 9.17) is 0 Å². The molecule has 0 amide bonds. The third kappa shape index (κ3) is 3.10. The molecule has 98 valence electrons. The van der Waals surface area contributed by atoms with Gasteiger partial charge in [0.15, 0.2) is 0 Å². The van der Waals surface area contributed by atoms with Gasteiger partial charge < -0.3 is 10.6 Å². The van der Waals surface area contributed by atoms with Gasteiger partial charge in [0.1, 0.15) is 10.6 Å². The van der Waals surface area contributed by atoms with Crippen LogP contribution in [0.3, 0.4) is 0 Å². The summed E-state index contributed by atoms with van der Waals surface area (Å²) >= 11 is 1.65. The quantitative estimate of drug-likeness (QED) is 0.748. The zero-order chi connectivity index (χ0) is 12.8. The van der Waals surface area contributed by atoms with E-state index in [0.29, 0.717) is 5.95 Å². The monoisotopic (exact) mass is 264 g/mol. The van der Waals surface area contributed by atoms with Gasteiger partial charge in [0.05, 0.1) is 5.39 Å². The number of hydrogen-bond donors (Lipinski definition) is 2. The molecule has 0 unspecified atom stereocenters. The van der Waals surface area contributed by atoms with Crippen LogP contribution in [0.15, 0.2) is 11.4 Å². The average molecular weight is 264 g/mol. The van der Waals surface area contributed by atoms with Crippen molar-refractivity contribution < 1.29 is 0 Å². The highest BCUT2D eigenvalue weighted by atomic mass is 32.1. The molecule has 18 heavy (non-hydrogen) atoms. The first-order chi connectivity index (χ1) is 8.85. The van der Waals surface area contributed by atoms with Crippen molar-refractivity contribution >= 4 is 33.3 Å². The molecule has 0 aliphatic carbocycles. The van der Waals surface area contributed by atoms with Gasteiger partial charge in [-0.15, -0.1) is 11.3 Å². The molecule has 5 heteroatoms. The maximum atomic E-state index is 4.48. The van der Waals surface area contributed by atoms with Gasteiger partial charge in [-0.2, -0.15) is 4.98 Å². The van der Waals surface area contributed by atoms with Gasteiger partial charge in [-0.25, -0.2) is 4.98 Å². The molecule has 0 aliphatic heterocycles. The van der Waals surface area contributed by atoms with E-state index in [9.17, 15) is 0 Å².